The van der Waals surface area contributed by atoms with Gasteiger partial charge in [-0.1, -0.05) is 84.9 Å². The molecule has 0 unspecified atom stereocenters. The molecule has 0 aliphatic heterocycles. The van der Waals surface area contributed by atoms with Crippen LogP contribution in [0.15, 0.2) is 133 Å². The fraction of sp³-hybridized carbons (Fsp3) is 0. The fourth-order valence-corrected chi connectivity index (χ4v) is 5.82. The largest absolute Gasteiger partial charge is 0.0616 e. The highest BCUT2D eigenvalue weighted by Gasteiger charge is 2.04. The topological polar surface area (TPSA) is 0 Å². The zero-order chi connectivity index (χ0) is 25.1. The van der Waals surface area contributed by atoms with E-state index in [-0.39, 0.29) is 0 Å². The van der Waals surface area contributed by atoms with Crippen molar-refractivity contribution in [3.8, 4) is 0 Å². The summed E-state index contributed by atoms with van der Waals surface area (Å²) in [6.07, 6.45) is 4.44. The third kappa shape index (κ3) is 3.62. The van der Waals surface area contributed by atoms with Crippen LogP contribution in [0, 0.1) is 0 Å². The smallest absolute Gasteiger partial charge is 0.0171 e. The molecule has 176 valence electrons. The molecule has 0 fully saturated rings. The average Bonchev–Trinajstić information content (AvgIpc) is 2.95. The van der Waals surface area contributed by atoms with Crippen LogP contribution in [-0.4, -0.2) is 0 Å². The molecule has 0 amide bonds. The van der Waals surface area contributed by atoms with Gasteiger partial charge < -0.3 is 0 Å². The Morgan fingerprint density at radius 2 is 0.500 bits per heavy atom. The Bertz CT molecular complexity index is 2070. The van der Waals surface area contributed by atoms with Gasteiger partial charge in [0.15, 0.2) is 0 Å². The molecule has 0 spiro atoms. The van der Waals surface area contributed by atoms with Gasteiger partial charge in [-0.3, -0.25) is 0 Å². The van der Waals surface area contributed by atoms with Crippen LogP contribution < -0.4 is 0 Å². The van der Waals surface area contributed by atoms with E-state index in [4.69, 9.17) is 0 Å². The Labute approximate surface area is 221 Å². The summed E-state index contributed by atoms with van der Waals surface area (Å²) in [4.78, 5) is 0. The summed E-state index contributed by atoms with van der Waals surface area (Å²) in [7, 11) is 0. The molecule has 0 aliphatic carbocycles. The maximum atomic E-state index is 2.32. The Kier molecular flexibility index (Phi) is 4.62. The van der Waals surface area contributed by atoms with Crippen molar-refractivity contribution in [2.75, 3.05) is 0 Å². The van der Waals surface area contributed by atoms with Crippen molar-refractivity contribution in [3.05, 3.63) is 145 Å². The minimum atomic E-state index is 1.21. The quantitative estimate of drug-likeness (QED) is 0.170. The van der Waals surface area contributed by atoms with Gasteiger partial charge in [0, 0.05) is 0 Å². The van der Waals surface area contributed by atoms with Crippen LogP contribution in [0.25, 0.3) is 76.8 Å². The number of fused-ring (bicyclic) bond motifs is 6. The Morgan fingerprint density at radius 3 is 0.842 bits per heavy atom. The zero-order valence-corrected chi connectivity index (χ0v) is 20.9. The molecule has 0 saturated heterocycles. The highest BCUT2D eigenvalue weighted by atomic mass is 14.1. The summed E-state index contributed by atoms with van der Waals surface area (Å²) in [5.41, 5.74) is 2.42. The second-order valence-electron chi connectivity index (χ2n) is 10.3. The van der Waals surface area contributed by atoms with Gasteiger partial charge in [-0.25, -0.2) is 0 Å². The van der Waals surface area contributed by atoms with Crippen LogP contribution >= 0.6 is 0 Å². The van der Waals surface area contributed by atoms with Gasteiger partial charge >= 0.3 is 0 Å². The summed E-state index contributed by atoms with van der Waals surface area (Å²) in [5.74, 6) is 0. The van der Waals surface area contributed by atoms with E-state index in [0.29, 0.717) is 0 Å². The van der Waals surface area contributed by atoms with E-state index in [2.05, 4.69) is 146 Å². The maximum absolute atomic E-state index is 2.32. The number of hydrogen-bond acceptors (Lipinski definition) is 0. The van der Waals surface area contributed by atoms with Crippen LogP contribution in [0.5, 0.6) is 0 Å². The lowest BCUT2D eigenvalue weighted by Gasteiger charge is -2.07. The first kappa shape index (κ1) is 21.2. The first-order valence-electron chi connectivity index (χ1n) is 13.2. The monoisotopic (exact) mass is 480 g/mol. The Hall–Kier alpha value is -4.94. The molecule has 0 nitrogen and oxygen atoms in total. The summed E-state index contributed by atoms with van der Waals surface area (Å²) in [6, 6.07) is 49.1. The minimum Gasteiger partial charge on any atom is -0.0616 e. The molecule has 0 radical (unpaired) electrons. The predicted molar refractivity (Wildman–Crippen MR) is 167 cm³/mol. The van der Waals surface area contributed by atoms with E-state index in [1.165, 1.54) is 75.8 Å². The van der Waals surface area contributed by atoms with Gasteiger partial charge in [0.05, 0.1) is 0 Å². The standard InChI is InChI=1S/C38H24/c1-3-7-29-19-37-23-33-15-25(11-13-31(33)21-35(37)17-27(29)5-1)9-10-26-12-14-32-22-36-18-28-6-2-4-8-30(28)20-38(36)24-34(32)16-26/h1-24H/b10-9-. The second-order valence-corrected chi connectivity index (χ2v) is 10.3. The SMILES string of the molecule is C(=C/c1ccc2cc3cc4ccccc4cc3cc2c1)/c1ccc2cc3cc4ccccc4cc3cc2c1. The van der Waals surface area contributed by atoms with Crippen molar-refractivity contribution in [2.45, 2.75) is 0 Å². The van der Waals surface area contributed by atoms with Gasteiger partial charge in [0.2, 0.25) is 0 Å². The van der Waals surface area contributed by atoms with Crippen LogP contribution in [-0.2, 0) is 0 Å². The van der Waals surface area contributed by atoms with E-state index in [9.17, 15) is 0 Å². The Balaban J connectivity index is 1.16. The van der Waals surface area contributed by atoms with Gasteiger partial charge in [-0.15, -0.1) is 0 Å². The van der Waals surface area contributed by atoms with E-state index in [0.717, 1.165) is 0 Å². The van der Waals surface area contributed by atoms with Gasteiger partial charge in [-0.2, -0.15) is 0 Å². The van der Waals surface area contributed by atoms with E-state index >= 15 is 0 Å². The van der Waals surface area contributed by atoms with E-state index in [1.807, 2.05) is 0 Å². The second kappa shape index (κ2) is 8.30. The molecule has 0 bridgehead atoms. The molecule has 0 heterocycles. The highest BCUT2D eigenvalue weighted by Crippen LogP contribution is 2.30. The van der Waals surface area contributed by atoms with E-state index in [1.54, 1.807) is 0 Å². The summed E-state index contributed by atoms with van der Waals surface area (Å²) in [5, 5.41) is 15.4. The van der Waals surface area contributed by atoms with Gasteiger partial charge in [-0.05, 0) is 136 Å². The molecule has 8 aromatic rings. The molecule has 0 saturated carbocycles. The Morgan fingerprint density at radius 1 is 0.237 bits per heavy atom. The number of rotatable bonds is 2. The first-order valence-corrected chi connectivity index (χ1v) is 13.2. The van der Waals surface area contributed by atoms with Crippen molar-refractivity contribution in [3.63, 3.8) is 0 Å². The molecule has 8 aromatic carbocycles. The van der Waals surface area contributed by atoms with Crippen molar-refractivity contribution >= 4 is 76.8 Å². The molecule has 0 aliphatic rings. The maximum Gasteiger partial charge on any atom is -0.0171 e. The third-order valence-electron chi connectivity index (χ3n) is 7.84. The van der Waals surface area contributed by atoms with E-state index < -0.39 is 0 Å². The molecule has 38 heavy (non-hydrogen) atoms. The van der Waals surface area contributed by atoms with Crippen molar-refractivity contribution in [1.82, 2.24) is 0 Å². The van der Waals surface area contributed by atoms with Crippen molar-refractivity contribution in [1.29, 1.82) is 0 Å². The van der Waals surface area contributed by atoms with Crippen LogP contribution in [0.2, 0.25) is 0 Å². The molecule has 0 atom stereocenters. The first-order chi connectivity index (χ1) is 18.7. The lowest BCUT2D eigenvalue weighted by Crippen LogP contribution is -1.81. The fourth-order valence-electron chi connectivity index (χ4n) is 5.82. The lowest BCUT2D eigenvalue weighted by atomic mass is 9.98. The summed E-state index contributed by atoms with van der Waals surface area (Å²) in [6.45, 7) is 0. The molecule has 8 rings (SSSR count). The van der Waals surface area contributed by atoms with Crippen LogP contribution in [0.4, 0.5) is 0 Å². The molecule has 0 aromatic heterocycles. The predicted octanol–water partition coefficient (Wildman–Crippen LogP) is 10.8. The molecule has 0 heteroatoms. The van der Waals surface area contributed by atoms with Crippen LogP contribution in [0.3, 0.4) is 0 Å². The number of benzene rings is 8. The minimum absolute atomic E-state index is 1.21. The third-order valence-corrected chi connectivity index (χ3v) is 7.84. The van der Waals surface area contributed by atoms with Gasteiger partial charge in [0.1, 0.15) is 0 Å². The summed E-state index contributed by atoms with van der Waals surface area (Å²) >= 11 is 0. The lowest BCUT2D eigenvalue weighted by molar-refractivity contribution is 1.71. The molecule has 0 N–H and O–H groups in total. The average molecular weight is 481 g/mol. The zero-order valence-electron chi connectivity index (χ0n) is 20.9. The normalized spacial score (nSPS) is 12.1. The highest BCUT2D eigenvalue weighted by molar-refractivity contribution is 6.06. The van der Waals surface area contributed by atoms with Crippen LogP contribution in [0.1, 0.15) is 11.1 Å². The number of hydrogen-bond donors (Lipinski definition) is 0. The molecular weight excluding hydrogens is 456 g/mol. The van der Waals surface area contributed by atoms with Gasteiger partial charge in [0.25, 0.3) is 0 Å². The molecular formula is C38H24. The van der Waals surface area contributed by atoms with Crippen molar-refractivity contribution in [2.24, 2.45) is 0 Å². The van der Waals surface area contributed by atoms with Crippen molar-refractivity contribution < 1.29 is 0 Å². The summed E-state index contributed by atoms with van der Waals surface area (Å²) < 4.78 is 0.